The number of aliphatic hydroxyl groups excluding tert-OH is 1. The smallest absolute Gasteiger partial charge is 0.269 e. The van der Waals surface area contributed by atoms with E-state index < -0.39 is 17.6 Å². The lowest BCUT2D eigenvalue weighted by Gasteiger charge is -2.12. The largest absolute Gasteiger partial charge is 0.506 e. The van der Waals surface area contributed by atoms with Gasteiger partial charge in [0.1, 0.15) is 11.6 Å². The molecule has 0 spiro atoms. The maximum absolute atomic E-state index is 13.6. The molecular formula is C20H17FN2O4. The summed E-state index contributed by atoms with van der Waals surface area (Å²) in [5, 5.41) is 13.4. The van der Waals surface area contributed by atoms with Gasteiger partial charge in [-0.15, -0.1) is 0 Å². The first-order chi connectivity index (χ1) is 12.8. The summed E-state index contributed by atoms with van der Waals surface area (Å²) >= 11 is 0. The van der Waals surface area contributed by atoms with Crippen molar-refractivity contribution in [1.29, 1.82) is 0 Å². The van der Waals surface area contributed by atoms with Gasteiger partial charge in [0.2, 0.25) is 11.8 Å². The molecule has 0 bridgehead atoms. The van der Waals surface area contributed by atoms with Crippen molar-refractivity contribution in [2.75, 3.05) is 4.90 Å². The molecular weight excluding hydrogens is 351 g/mol. The highest BCUT2D eigenvalue weighted by atomic mass is 19.1. The molecule has 0 saturated heterocycles. The molecule has 3 amide bonds. The number of aliphatic hydroxyl groups is 1. The summed E-state index contributed by atoms with van der Waals surface area (Å²) in [6.45, 7) is 2.86. The number of hydrogen-bond donors (Lipinski definition) is 2. The Hall–Kier alpha value is -3.48. The van der Waals surface area contributed by atoms with Crippen molar-refractivity contribution >= 4 is 34.7 Å². The molecule has 0 aliphatic carbocycles. The van der Waals surface area contributed by atoms with E-state index in [4.69, 9.17) is 0 Å². The minimum absolute atomic E-state index is 0.0723. The van der Waals surface area contributed by atoms with Crippen molar-refractivity contribution in [2.45, 2.75) is 20.4 Å². The van der Waals surface area contributed by atoms with E-state index in [1.54, 1.807) is 24.3 Å². The van der Waals surface area contributed by atoms with Crippen LogP contribution < -0.4 is 10.2 Å². The van der Waals surface area contributed by atoms with E-state index in [2.05, 4.69) is 5.32 Å². The SMILES string of the molecule is CC(=O)NCc1cccc(/C(O)=C2\C(=O)N(C(C)=O)c3cc(F)ccc32)c1. The van der Waals surface area contributed by atoms with E-state index >= 15 is 0 Å². The molecule has 2 N–H and O–H groups in total. The van der Waals surface area contributed by atoms with Crippen LogP contribution in [0.15, 0.2) is 42.5 Å². The van der Waals surface area contributed by atoms with E-state index in [1.807, 2.05) is 0 Å². The number of hydrogen-bond acceptors (Lipinski definition) is 4. The number of carbonyl (C=O) groups excluding carboxylic acids is 3. The number of imide groups is 1. The standard InChI is InChI=1S/C20H17FN2O4/c1-11(24)22-10-13-4-3-5-14(8-13)19(26)18-16-7-6-15(21)9-17(16)23(12(2)25)20(18)27/h3-9,26H,10H2,1-2H3,(H,22,24)/b19-18+. The van der Waals surface area contributed by atoms with Gasteiger partial charge in [0, 0.05) is 31.5 Å². The molecule has 2 aromatic rings. The van der Waals surface area contributed by atoms with Crippen LogP contribution in [0.1, 0.15) is 30.5 Å². The number of anilines is 1. The molecule has 0 saturated carbocycles. The average molecular weight is 368 g/mol. The Kier molecular flexibility index (Phi) is 4.77. The number of halogens is 1. The van der Waals surface area contributed by atoms with Crippen molar-refractivity contribution in [3.05, 3.63) is 65.0 Å². The first-order valence-electron chi connectivity index (χ1n) is 8.21. The van der Waals surface area contributed by atoms with Crippen LogP contribution in [-0.4, -0.2) is 22.8 Å². The number of benzene rings is 2. The molecule has 138 valence electrons. The molecule has 1 heterocycles. The van der Waals surface area contributed by atoms with Gasteiger partial charge in [0.25, 0.3) is 5.91 Å². The molecule has 27 heavy (non-hydrogen) atoms. The van der Waals surface area contributed by atoms with Crippen LogP contribution in [0, 0.1) is 5.82 Å². The van der Waals surface area contributed by atoms with Gasteiger partial charge >= 0.3 is 0 Å². The first-order valence-corrected chi connectivity index (χ1v) is 8.21. The summed E-state index contributed by atoms with van der Waals surface area (Å²) in [5.74, 6) is -2.39. The highest BCUT2D eigenvalue weighted by Crippen LogP contribution is 2.40. The summed E-state index contributed by atoms with van der Waals surface area (Å²) in [5.41, 5.74) is 1.38. The van der Waals surface area contributed by atoms with Gasteiger partial charge in [-0.05, 0) is 29.8 Å². The zero-order valence-corrected chi connectivity index (χ0v) is 14.7. The molecule has 0 radical (unpaired) electrons. The third kappa shape index (κ3) is 3.44. The lowest BCUT2D eigenvalue weighted by Crippen LogP contribution is -2.31. The fraction of sp³-hybridized carbons (Fsp3) is 0.150. The van der Waals surface area contributed by atoms with E-state index in [0.29, 0.717) is 5.56 Å². The first kappa shape index (κ1) is 18.3. The van der Waals surface area contributed by atoms with E-state index in [0.717, 1.165) is 22.6 Å². The predicted octanol–water partition coefficient (Wildman–Crippen LogP) is 2.78. The second kappa shape index (κ2) is 7.03. The minimum Gasteiger partial charge on any atom is -0.506 e. The number of rotatable bonds is 3. The molecule has 7 heteroatoms. The number of fused-ring (bicyclic) bond motifs is 1. The van der Waals surface area contributed by atoms with E-state index in [-0.39, 0.29) is 35.0 Å². The molecule has 6 nitrogen and oxygen atoms in total. The summed E-state index contributed by atoms with van der Waals surface area (Å²) in [7, 11) is 0. The van der Waals surface area contributed by atoms with Crippen LogP contribution in [0.3, 0.4) is 0 Å². The van der Waals surface area contributed by atoms with Gasteiger partial charge in [0.05, 0.1) is 11.3 Å². The molecule has 0 atom stereocenters. The molecule has 1 aliphatic rings. The van der Waals surface area contributed by atoms with Crippen LogP contribution in [0.5, 0.6) is 0 Å². The Morgan fingerprint density at radius 1 is 1.15 bits per heavy atom. The Labute approximate surface area is 154 Å². The van der Waals surface area contributed by atoms with Crippen LogP contribution >= 0.6 is 0 Å². The molecule has 3 rings (SSSR count). The van der Waals surface area contributed by atoms with Gasteiger partial charge in [-0.3, -0.25) is 14.4 Å². The fourth-order valence-corrected chi connectivity index (χ4v) is 2.98. The fourth-order valence-electron chi connectivity index (χ4n) is 2.98. The lowest BCUT2D eigenvalue weighted by atomic mass is 10.0. The number of nitrogens with one attached hydrogen (secondary N) is 1. The maximum atomic E-state index is 13.6. The summed E-state index contributed by atoms with van der Waals surface area (Å²) in [6.07, 6.45) is 0. The Balaban J connectivity index is 2.10. The highest BCUT2D eigenvalue weighted by molar-refractivity contribution is 6.42. The lowest BCUT2D eigenvalue weighted by molar-refractivity contribution is -0.122. The molecule has 1 aliphatic heterocycles. The Morgan fingerprint density at radius 2 is 1.89 bits per heavy atom. The third-order valence-electron chi connectivity index (χ3n) is 4.18. The van der Waals surface area contributed by atoms with Crippen LogP contribution in [-0.2, 0) is 20.9 Å². The normalized spacial score (nSPS) is 14.8. The average Bonchev–Trinajstić information content (AvgIpc) is 2.90. The highest BCUT2D eigenvalue weighted by Gasteiger charge is 2.38. The van der Waals surface area contributed by atoms with Crippen molar-refractivity contribution in [3.8, 4) is 0 Å². The minimum atomic E-state index is -0.715. The second-order valence-electron chi connectivity index (χ2n) is 6.15. The van der Waals surface area contributed by atoms with Gasteiger partial charge in [-0.1, -0.05) is 18.2 Å². The Bertz CT molecular complexity index is 997. The van der Waals surface area contributed by atoms with Crippen LogP contribution in [0.25, 0.3) is 11.3 Å². The molecule has 2 aromatic carbocycles. The zero-order valence-electron chi connectivity index (χ0n) is 14.7. The number of nitrogens with zero attached hydrogens (tertiary/aromatic N) is 1. The van der Waals surface area contributed by atoms with E-state index in [9.17, 15) is 23.9 Å². The second-order valence-corrected chi connectivity index (χ2v) is 6.15. The van der Waals surface area contributed by atoms with Crippen molar-refractivity contribution in [3.63, 3.8) is 0 Å². The number of carbonyl (C=O) groups is 3. The predicted molar refractivity (Wildman–Crippen MR) is 98.0 cm³/mol. The molecule has 0 fully saturated rings. The van der Waals surface area contributed by atoms with Crippen LogP contribution in [0.2, 0.25) is 0 Å². The van der Waals surface area contributed by atoms with Crippen molar-refractivity contribution in [1.82, 2.24) is 5.32 Å². The van der Waals surface area contributed by atoms with Gasteiger partial charge in [0.15, 0.2) is 0 Å². The van der Waals surface area contributed by atoms with Gasteiger partial charge < -0.3 is 10.4 Å². The quantitative estimate of drug-likeness (QED) is 0.644. The van der Waals surface area contributed by atoms with Crippen molar-refractivity contribution < 1.29 is 23.9 Å². The topological polar surface area (TPSA) is 86.7 Å². The van der Waals surface area contributed by atoms with Gasteiger partial charge in [-0.25, -0.2) is 9.29 Å². The summed E-state index contributed by atoms with van der Waals surface area (Å²) in [4.78, 5) is 36.5. The summed E-state index contributed by atoms with van der Waals surface area (Å²) < 4.78 is 13.6. The van der Waals surface area contributed by atoms with Crippen molar-refractivity contribution in [2.24, 2.45) is 0 Å². The van der Waals surface area contributed by atoms with Crippen LogP contribution in [0.4, 0.5) is 10.1 Å². The summed E-state index contributed by atoms with van der Waals surface area (Å²) in [6, 6.07) is 10.3. The Morgan fingerprint density at radius 3 is 2.56 bits per heavy atom. The molecule has 0 aromatic heterocycles. The third-order valence-corrected chi connectivity index (χ3v) is 4.18. The maximum Gasteiger partial charge on any atom is 0.269 e. The van der Waals surface area contributed by atoms with Gasteiger partial charge in [-0.2, -0.15) is 0 Å². The number of amides is 3. The van der Waals surface area contributed by atoms with E-state index in [1.165, 1.54) is 19.9 Å². The zero-order chi connectivity index (χ0) is 19.7. The molecule has 0 unspecified atom stereocenters. The monoisotopic (exact) mass is 368 g/mol.